The molecule has 4 aromatic rings. The van der Waals surface area contributed by atoms with Crippen LogP contribution in [0.3, 0.4) is 0 Å². The largest absolute Gasteiger partial charge is 0.497 e. The zero-order valence-electron chi connectivity index (χ0n) is 16.2. The van der Waals surface area contributed by atoms with Gasteiger partial charge in [0.05, 0.1) is 29.4 Å². The highest BCUT2D eigenvalue weighted by atomic mass is 16.5. The number of anilines is 1. The molecule has 0 bridgehead atoms. The van der Waals surface area contributed by atoms with Crippen molar-refractivity contribution in [1.82, 2.24) is 9.55 Å². The predicted molar refractivity (Wildman–Crippen MR) is 116 cm³/mol. The summed E-state index contributed by atoms with van der Waals surface area (Å²) in [5.74, 6) is 0.981. The maximum absolute atomic E-state index is 13.3. The van der Waals surface area contributed by atoms with Gasteiger partial charge in [-0.1, -0.05) is 48.5 Å². The molecule has 0 aliphatic heterocycles. The number of benzene rings is 3. The summed E-state index contributed by atoms with van der Waals surface area (Å²) in [5, 5.41) is 4.99. The molecular formula is C23H20N4O2. The fraction of sp³-hybridized carbons (Fsp3) is 0.0870. The second-order valence-electron chi connectivity index (χ2n) is 6.47. The lowest BCUT2D eigenvalue weighted by Gasteiger charge is -2.14. The molecule has 144 valence electrons. The highest BCUT2D eigenvalue weighted by Crippen LogP contribution is 2.20. The molecule has 6 nitrogen and oxygen atoms in total. The average molecular weight is 384 g/mol. The summed E-state index contributed by atoms with van der Waals surface area (Å²) in [6, 6.07) is 24.3. The minimum absolute atomic E-state index is 0.182. The molecule has 4 rings (SSSR count). The average Bonchev–Trinajstić information content (AvgIpc) is 2.78. The van der Waals surface area contributed by atoms with Gasteiger partial charge in [0.15, 0.2) is 0 Å². The number of ether oxygens (including phenoxy) is 1. The van der Waals surface area contributed by atoms with Crippen LogP contribution in [-0.2, 0) is 0 Å². The van der Waals surface area contributed by atoms with Crippen LogP contribution in [0, 0.1) is 0 Å². The molecule has 1 aromatic heterocycles. The lowest BCUT2D eigenvalue weighted by Crippen LogP contribution is -2.23. The Morgan fingerprint density at radius 2 is 1.76 bits per heavy atom. The van der Waals surface area contributed by atoms with Crippen LogP contribution in [0.4, 0.5) is 5.95 Å². The summed E-state index contributed by atoms with van der Waals surface area (Å²) >= 11 is 0. The minimum atomic E-state index is -0.182. The smallest absolute Gasteiger partial charge is 0.267 e. The van der Waals surface area contributed by atoms with Crippen LogP contribution in [0.1, 0.15) is 12.5 Å². The van der Waals surface area contributed by atoms with Crippen molar-refractivity contribution in [3.05, 3.63) is 94.8 Å². The van der Waals surface area contributed by atoms with Crippen LogP contribution in [-0.4, -0.2) is 22.4 Å². The standard InChI is InChI=1S/C23H20N4O2/c1-16(17-9-4-3-5-10-17)25-26-23-24-21-14-7-6-13-20(21)22(28)27(23)18-11-8-12-19(15-18)29-2/h3-15H,1-2H3,(H,24,26)/b25-16+. The van der Waals surface area contributed by atoms with Crippen LogP contribution < -0.4 is 15.7 Å². The van der Waals surface area contributed by atoms with Gasteiger partial charge in [-0.05, 0) is 36.8 Å². The summed E-state index contributed by atoms with van der Waals surface area (Å²) in [7, 11) is 1.59. The van der Waals surface area contributed by atoms with Crippen LogP contribution in [0.2, 0.25) is 0 Å². The van der Waals surface area contributed by atoms with Crippen LogP contribution in [0.15, 0.2) is 88.8 Å². The number of hydrogen-bond acceptors (Lipinski definition) is 5. The molecule has 0 fully saturated rings. The quantitative estimate of drug-likeness (QED) is 0.413. The molecule has 0 atom stereocenters. The maximum Gasteiger partial charge on any atom is 0.267 e. The van der Waals surface area contributed by atoms with Gasteiger partial charge >= 0.3 is 0 Å². The predicted octanol–water partition coefficient (Wildman–Crippen LogP) is 4.23. The van der Waals surface area contributed by atoms with E-state index in [0.29, 0.717) is 28.3 Å². The molecule has 6 heteroatoms. The Kier molecular flexibility index (Phi) is 5.07. The van der Waals surface area contributed by atoms with E-state index < -0.39 is 0 Å². The zero-order chi connectivity index (χ0) is 20.2. The Bertz CT molecular complexity index is 1250. The van der Waals surface area contributed by atoms with Crippen LogP contribution in [0.25, 0.3) is 16.6 Å². The summed E-state index contributed by atoms with van der Waals surface area (Å²) in [5.41, 5.74) is 5.81. The maximum atomic E-state index is 13.3. The fourth-order valence-electron chi connectivity index (χ4n) is 3.07. The summed E-state index contributed by atoms with van der Waals surface area (Å²) < 4.78 is 6.82. The third-order valence-electron chi connectivity index (χ3n) is 4.60. The van der Waals surface area contributed by atoms with Gasteiger partial charge in [0, 0.05) is 6.07 Å². The molecule has 0 amide bonds. The number of nitrogens with zero attached hydrogens (tertiary/aromatic N) is 3. The van der Waals surface area contributed by atoms with Crippen molar-refractivity contribution in [2.24, 2.45) is 5.10 Å². The molecule has 0 saturated heterocycles. The minimum Gasteiger partial charge on any atom is -0.497 e. The third-order valence-corrected chi connectivity index (χ3v) is 4.60. The topological polar surface area (TPSA) is 68.5 Å². The van der Waals surface area contributed by atoms with E-state index >= 15 is 0 Å². The number of methoxy groups -OCH3 is 1. The van der Waals surface area contributed by atoms with Crippen molar-refractivity contribution < 1.29 is 4.74 Å². The normalized spacial score (nSPS) is 11.4. The fourth-order valence-corrected chi connectivity index (χ4v) is 3.07. The van der Waals surface area contributed by atoms with Crippen LogP contribution >= 0.6 is 0 Å². The van der Waals surface area contributed by atoms with E-state index in [1.807, 2.05) is 73.7 Å². The molecule has 0 unspecified atom stereocenters. The molecular weight excluding hydrogens is 364 g/mol. The number of nitrogens with one attached hydrogen (secondary N) is 1. The number of rotatable bonds is 5. The zero-order valence-corrected chi connectivity index (χ0v) is 16.2. The van der Waals surface area contributed by atoms with Crippen molar-refractivity contribution >= 4 is 22.6 Å². The van der Waals surface area contributed by atoms with E-state index in [4.69, 9.17) is 4.74 Å². The van der Waals surface area contributed by atoms with Gasteiger partial charge in [0.1, 0.15) is 5.75 Å². The summed E-state index contributed by atoms with van der Waals surface area (Å²) in [4.78, 5) is 17.9. The van der Waals surface area contributed by atoms with E-state index in [2.05, 4.69) is 15.5 Å². The summed E-state index contributed by atoms with van der Waals surface area (Å²) in [6.45, 7) is 1.90. The van der Waals surface area contributed by atoms with Gasteiger partial charge in [-0.25, -0.2) is 15.0 Å². The first kappa shape index (κ1) is 18.4. The summed E-state index contributed by atoms with van der Waals surface area (Å²) in [6.07, 6.45) is 0. The first-order valence-corrected chi connectivity index (χ1v) is 9.19. The molecule has 0 saturated carbocycles. The van der Waals surface area contributed by atoms with Crippen molar-refractivity contribution in [2.75, 3.05) is 12.5 Å². The SMILES string of the molecule is COc1cccc(-n2c(N/N=C(\C)c3ccccc3)nc3ccccc3c2=O)c1. The van der Waals surface area contributed by atoms with Gasteiger partial charge < -0.3 is 4.74 Å². The first-order chi connectivity index (χ1) is 14.2. The molecule has 0 aliphatic rings. The Labute approximate surface area is 168 Å². The monoisotopic (exact) mass is 384 g/mol. The van der Waals surface area contributed by atoms with Crippen LogP contribution in [0.5, 0.6) is 5.75 Å². The van der Waals surface area contributed by atoms with E-state index in [-0.39, 0.29) is 5.56 Å². The lowest BCUT2D eigenvalue weighted by molar-refractivity contribution is 0.414. The third kappa shape index (κ3) is 3.73. The Balaban J connectivity index is 1.86. The molecule has 0 spiro atoms. The van der Waals surface area contributed by atoms with Gasteiger partial charge in [-0.3, -0.25) is 4.79 Å². The Morgan fingerprint density at radius 1 is 1.00 bits per heavy atom. The number of para-hydroxylation sites is 1. The van der Waals surface area contributed by atoms with E-state index in [1.165, 1.54) is 4.57 Å². The van der Waals surface area contributed by atoms with Crippen molar-refractivity contribution in [1.29, 1.82) is 0 Å². The van der Waals surface area contributed by atoms with Gasteiger partial charge in [0.2, 0.25) is 5.95 Å². The molecule has 0 radical (unpaired) electrons. The highest BCUT2D eigenvalue weighted by Gasteiger charge is 2.13. The lowest BCUT2D eigenvalue weighted by atomic mass is 10.1. The van der Waals surface area contributed by atoms with Crippen molar-refractivity contribution in [3.8, 4) is 11.4 Å². The molecule has 1 N–H and O–H groups in total. The van der Waals surface area contributed by atoms with Gasteiger partial charge in [-0.15, -0.1) is 0 Å². The molecule has 29 heavy (non-hydrogen) atoms. The van der Waals surface area contributed by atoms with Crippen molar-refractivity contribution in [2.45, 2.75) is 6.92 Å². The highest BCUT2D eigenvalue weighted by molar-refractivity contribution is 5.99. The number of hydrogen-bond donors (Lipinski definition) is 1. The van der Waals surface area contributed by atoms with E-state index in [9.17, 15) is 4.79 Å². The number of fused-ring (bicyclic) bond motifs is 1. The first-order valence-electron chi connectivity index (χ1n) is 9.19. The number of hydrazone groups is 1. The molecule has 3 aromatic carbocycles. The second kappa shape index (κ2) is 7.98. The van der Waals surface area contributed by atoms with E-state index in [1.54, 1.807) is 19.2 Å². The van der Waals surface area contributed by atoms with E-state index in [0.717, 1.165) is 11.3 Å². The number of aromatic nitrogens is 2. The van der Waals surface area contributed by atoms with Gasteiger partial charge in [0.25, 0.3) is 5.56 Å². The molecule has 0 aliphatic carbocycles. The Morgan fingerprint density at radius 3 is 2.55 bits per heavy atom. The van der Waals surface area contributed by atoms with Gasteiger partial charge in [-0.2, -0.15) is 5.10 Å². The van der Waals surface area contributed by atoms with Crippen molar-refractivity contribution in [3.63, 3.8) is 0 Å². The Hall–Kier alpha value is -3.93. The second-order valence-corrected chi connectivity index (χ2v) is 6.47. The molecule has 1 heterocycles.